The van der Waals surface area contributed by atoms with Crippen LogP contribution in [0.4, 0.5) is 11.5 Å². The molecule has 6 nitrogen and oxygen atoms in total. The Kier molecular flexibility index (Phi) is 4.05. The van der Waals surface area contributed by atoms with Crippen molar-refractivity contribution in [3.05, 3.63) is 42.1 Å². The normalized spacial score (nSPS) is 9.90. The SMILES string of the molecule is COc1ccc(OC)c(Nc2ncccc2C(=O)O)c1. The molecule has 0 spiro atoms. The number of benzene rings is 1. The van der Waals surface area contributed by atoms with Crippen molar-refractivity contribution in [3.63, 3.8) is 0 Å². The van der Waals surface area contributed by atoms with Crippen molar-refractivity contribution in [2.45, 2.75) is 0 Å². The number of carbonyl (C=O) groups is 1. The van der Waals surface area contributed by atoms with Crippen molar-refractivity contribution < 1.29 is 19.4 Å². The molecule has 0 unspecified atom stereocenters. The van der Waals surface area contributed by atoms with Gasteiger partial charge < -0.3 is 19.9 Å². The first-order valence-electron chi connectivity index (χ1n) is 5.83. The zero-order chi connectivity index (χ0) is 14.5. The maximum absolute atomic E-state index is 11.2. The summed E-state index contributed by atoms with van der Waals surface area (Å²) in [4.78, 5) is 15.2. The number of methoxy groups -OCH3 is 2. The highest BCUT2D eigenvalue weighted by atomic mass is 16.5. The Morgan fingerprint density at radius 2 is 2.05 bits per heavy atom. The molecule has 0 aliphatic carbocycles. The second-order valence-electron chi connectivity index (χ2n) is 3.90. The summed E-state index contributed by atoms with van der Waals surface area (Å²) >= 11 is 0. The fourth-order valence-electron chi connectivity index (χ4n) is 1.72. The molecule has 6 heteroatoms. The molecule has 104 valence electrons. The lowest BCUT2D eigenvalue weighted by atomic mass is 10.2. The number of aromatic carboxylic acids is 1. The molecule has 20 heavy (non-hydrogen) atoms. The molecule has 0 radical (unpaired) electrons. The highest BCUT2D eigenvalue weighted by Gasteiger charge is 2.13. The van der Waals surface area contributed by atoms with Crippen molar-refractivity contribution in [2.75, 3.05) is 19.5 Å². The van der Waals surface area contributed by atoms with E-state index in [2.05, 4.69) is 10.3 Å². The first-order chi connectivity index (χ1) is 9.65. The molecule has 0 atom stereocenters. The average Bonchev–Trinajstić information content (AvgIpc) is 2.47. The molecule has 0 amide bonds. The highest BCUT2D eigenvalue weighted by Crippen LogP contribution is 2.31. The minimum atomic E-state index is -1.05. The summed E-state index contributed by atoms with van der Waals surface area (Å²) in [6.07, 6.45) is 1.52. The van der Waals surface area contributed by atoms with Gasteiger partial charge in [-0.25, -0.2) is 9.78 Å². The number of nitrogens with one attached hydrogen (secondary N) is 1. The standard InChI is InChI=1S/C14H14N2O4/c1-19-9-5-6-12(20-2)11(8-9)16-13-10(14(17)18)4-3-7-15-13/h3-8H,1-2H3,(H,15,16)(H,17,18). The Bertz CT molecular complexity index is 628. The van der Waals surface area contributed by atoms with Crippen molar-refractivity contribution in [3.8, 4) is 11.5 Å². The summed E-state index contributed by atoms with van der Waals surface area (Å²) in [5, 5.41) is 12.1. The lowest BCUT2D eigenvalue weighted by Crippen LogP contribution is -2.05. The molecular weight excluding hydrogens is 260 g/mol. The van der Waals surface area contributed by atoms with Crippen LogP contribution in [0, 0.1) is 0 Å². The van der Waals surface area contributed by atoms with Crippen LogP contribution in [0.25, 0.3) is 0 Å². The Labute approximate surface area is 116 Å². The van der Waals surface area contributed by atoms with Gasteiger partial charge in [0.1, 0.15) is 22.9 Å². The van der Waals surface area contributed by atoms with E-state index in [1.165, 1.54) is 19.4 Å². The van der Waals surface area contributed by atoms with Gasteiger partial charge in [-0.3, -0.25) is 0 Å². The summed E-state index contributed by atoms with van der Waals surface area (Å²) in [6.45, 7) is 0. The fraction of sp³-hybridized carbons (Fsp3) is 0.143. The molecule has 0 fully saturated rings. The van der Waals surface area contributed by atoms with Crippen LogP contribution in [0.1, 0.15) is 10.4 Å². The number of nitrogens with zero attached hydrogens (tertiary/aromatic N) is 1. The third-order valence-corrected chi connectivity index (χ3v) is 2.70. The van der Waals surface area contributed by atoms with E-state index in [1.54, 1.807) is 31.4 Å². The third kappa shape index (κ3) is 2.80. The molecule has 1 aromatic heterocycles. The topological polar surface area (TPSA) is 80.7 Å². The van der Waals surface area contributed by atoms with E-state index in [1.807, 2.05) is 0 Å². The van der Waals surface area contributed by atoms with Gasteiger partial charge >= 0.3 is 5.97 Å². The Morgan fingerprint density at radius 3 is 2.70 bits per heavy atom. The predicted octanol–water partition coefficient (Wildman–Crippen LogP) is 2.54. The van der Waals surface area contributed by atoms with Gasteiger partial charge in [0.2, 0.25) is 0 Å². The number of rotatable bonds is 5. The molecule has 2 N–H and O–H groups in total. The van der Waals surface area contributed by atoms with E-state index in [4.69, 9.17) is 14.6 Å². The van der Waals surface area contributed by atoms with Crippen LogP contribution in [0.5, 0.6) is 11.5 Å². The Balaban J connectivity index is 2.41. The third-order valence-electron chi connectivity index (χ3n) is 2.70. The maximum atomic E-state index is 11.2. The van der Waals surface area contributed by atoms with Crippen LogP contribution >= 0.6 is 0 Å². The van der Waals surface area contributed by atoms with Gasteiger partial charge in [-0.1, -0.05) is 0 Å². The summed E-state index contributed by atoms with van der Waals surface area (Å²) in [5.74, 6) is 0.378. The molecule has 2 aromatic rings. The molecule has 0 saturated heterocycles. The molecule has 0 aliphatic rings. The van der Waals surface area contributed by atoms with E-state index < -0.39 is 5.97 Å². The summed E-state index contributed by atoms with van der Waals surface area (Å²) < 4.78 is 10.4. The number of aromatic nitrogens is 1. The van der Waals surface area contributed by atoms with Gasteiger partial charge in [-0.15, -0.1) is 0 Å². The lowest BCUT2D eigenvalue weighted by molar-refractivity contribution is 0.0697. The quantitative estimate of drug-likeness (QED) is 0.872. The smallest absolute Gasteiger partial charge is 0.339 e. The van der Waals surface area contributed by atoms with E-state index in [0.717, 1.165) is 0 Å². The monoisotopic (exact) mass is 274 g/mol. The van der Waals surface area contributed by atoms with Crippen LogP contribution in [0.3, 0.4) is 0 Å². The van der Waals surface area contributed by atoms with Gasteiger partial charge in [-0.05, 0) is 24.3 Å². The molecular formula is C14H14N2O4. The molecule has 1 heterocycles. The van der Waals surface area contributed by atoms with Gasteiger partial charge in [0.25, 0.3) is 0 Å². The molecule has 0 bridgehead atoms. The molecule has 1 aromatic carbocycles. The zero-order valence-corrected chi connectivity index (χ0v) is 11.1. The number of carboxylic acid groups (broad SMARTS) is 1. The van der Waals surface area contributed by atoms with Gasteiger partial charge in [0.05, 0.1) is 19.9 Å². The van der Waals surface area contributed by atoms with Crippen molar-refractivity contribution >= 4 is 17.5 Å². The number of pyridine rings is 1. The van der Waals surface area contributed by atoms with E-state index in [0.29, 0.717) is 17.2 Å². The zero-order valence-electron chi connectivity index (χ0n) is 11.1. The molecule has 2 rings (SSSR count). The first kappa shape index (κ1) is 13.7. The van der Waals surface area contributed by atoms with E-state index >= 15 is 0 Å². The van der Waals surface area contributed by atoms with Crippen molar-refractivity contribution in [1.29, 1.82) is 0 Å². The number of hydrogen-bond acceptors (Lipinski definition) is 5. The largest absolute Gasteiger partial charge is 0.497 e. The van der Waals surface area contributed by atoms with Gasteiger partial charge in [-0.2, -0.15) is 0 Å². The van der Waals surface area contributed by atoms with Crippen molar-refractivity contribution in [2.24, 2.45) is 0 Å². The first-order valence-corrected chi connectivity index (χ1v) is 5.83. The maximum Gasteiger partial charge on any atom is 0.339 e. The fourth-order valence-corrected chi connectivity index (χ4v) is 1.72. The van der Waals surface area contributed by atoms with Crippen LogP contribution in [0.2, 0.25) is 0 Å². The number of carboxylic acids is 1. The lowest BCUT2D eigenvalue weighted by Gasteiger charge is -2.13. The number of anilines is 2. The van der Waals surface area contributed by atoms with Gasteiger partial charge in [0.15, 0.2) is 0 Å². The molecule has 0 aliphatic heterocycles. The highest BCUT2D eigenvalue weighted by molar-refractivity contribution is 5.94. The Hall–Kier alpha value is -2.76. The minimum absolute atomic E-state index is 0.0809. The van der Waals surface area contributed by atoms with E-state index in [9.17, 15) is 4.79 Å². The summed E-state index contributed by atoms with van der Waals surface area (Å²) in [6, 6.07) is 8.23. The van der Waals surface area contributed by atoms with Crippen LogP contribution in [-0.4, -0.2) is 30.3 Å². The van der Waals surface area contributed by atoms with Gasteiger partial charge in [0, 0.05) is 12.3 Å². The number of hydrogen-bond donors (Lipinski definition) is 2. The van der Waals surface area contributed by atoms with E-state index in [-0.39, 0.29) is 11.4 Å². The van der Waals surface area contributed by atoms with Crippen molar-refractivity contribution in [1.82, 2.24) is 4.98 Å². The van der Waals surface area contributed by atoms with Crippen LogP contribution in [0.15, 0.2) is 36.5 Å². The molecule has 0 saturated carbocycles. The Morgan fingerprint density at radius 1 is 1.25 bits per heavy atom. The van der Waals surface area contributed by atoms with Crippen LogP contribution in [-0.2, 0) is 0 Å². The summed E-state index contributed by atoms with van der Waals surface area (Å²) in [5.41, 5.74) is 0.658. The van der Waals surface area contributed by atoms with Crippen LogP contribution < -0.4 is 14.8 Å². The summed E-state index contributed by atoms with van der Waals surface area (Å²) in [7, 11) is 3.08. The average molecular weight is 274 g/mol. The second-order valence-corrected chi connectivity index (χ2v) is 3.90. The minimum Gasteiger partial charge on any atom is -0.497 e. The number of ether oxygens (including phenoxy) is 2. The predicted molar refractivity (Wildman–Crippen MR) is 74.0 cm³/mol. The second kappa shape index (κ2) is 5.92.